The molecule has 0 spiro atoms. The highest BCUT2D eigenvalue weighted by Gasteiger charge is 2.32. The number of aryl methyl sites for hydroxylation is 1. The van der Waals surface area contributed by atoms with Gasteiger partial charge in [-0.2, -0.15) is 0 Å². The number of H-pyrrole nitrogens is 1. The first-order chi connectivity index (χ1) is 13.0. The van der Waals surface area contributed by atoms with Crippen LogP contribution < -0.4 is 10.2 Å². The number of nitrogens with one attached hydrogen (secondary N) is 2. The summed E-state index contributed by atoms with van der Waals surface area (Å²) in [4.78, 5) is 16.4. The third-order valence-corrected chi connectivity index (χ3v) is 5.08. The lowest BCUT2D eigenvalue weighted by Crippen LogP contribution is -2.38. The molecular weight excluding hydrogens is 340 g/mol. The number of fused-ring (bicyclic) bond motifs is 1. The third kappa shape index (κ3) is 3.74. The summed E-state index contributed by atoms with van der Waals surface area (Å²) in [5.41, 5.74) is 3.33. The van der Waals surface area contributed by atoms with E-state index in [1.165, 1.54) is 10.9 Å². The van der Waals surface area contributed by atoms with E-state index >= 15 is 0 Å². The first kappa shape index (κ1) is 17.8. The number of aromatic nitrogens is 3. The van der Waals surface area contributed by atoms with E-state index in [4.69, 9.17) is 0 Å². The minimum Gasteiger partial charge on any atom is -0.391 e. The Bertz CT molecular complexity index is 937. The van der Waals surface area contributed by atoms with Crippen LogP contribution in [0.25, 0.3) is 10.9 Å². The molecule has 0 unspecified atom stereocenters. The van der Waals surface area contributed by atoms with E-state index in [-0.39, 0.29) is 12.1 Å². The molecule has 1 aromatic carbocycles. The van der Waals surface area contributed by atoms with E-state index in [0.29, 0.717) is 6.54 Å². The van der Waals surface area contributed by atoms with Gasteiger partial charge >= 0.3 is 0 Å². The Hall–Kier alpha value is -2.64. The highest BCUT2D eigenvalue weighted by molar-refractivity contribution is 5.86. The zero-order valence-electron chi connectivity index (χ0n) is 16.0. The van der Waals surface area contributed by atoms with Gasteiger partial charge in [0.25, 0.3) is 0 Å². The SMILES string of the molecule is Cc1c[nH]c2ccc(Nc3cc(N4C[C@H](O)C[C@@H]4CN(C)C)ncn3)cc12. The summed E-state index contributed by atoms with van der Waals surface area (Å²) in [6, 6.07) is 8.42. The lowest BCUT2D eigenvalue weighted by atomic mass is 10.2. The number of hydrogen-bond acceptors (Lipinski definition) is 6. The molecule has 3 aromatic rings. The molecule has 0 bridgehead atoms. The van der Waals surface area contributed by atoms with Gasteiger partial charge in [-0.3, -0.25) is 0 Å². The summed E-state index contributed by atoms with van der Waals surface area (Å²) in [6.07, 6.45) is 4.03. The Morgan fingerprint density at radius 3 is 2.96 bits per heavy atom. The van der Waals surface area contributed by atoms with Gasteiger partial charge in [0, 0.05) is 48.0 Å². The molecule has 7 heteroatoms. The van der Waals surface area contributed by atoms with Gasteiger partial charge in [0.1, 0.15) is 18.0 Å². The van der Waals surface area contributed by atoms with Crippen molar-refractivity contribution in [3.8, 4) is 0 Å². The fourth-order valence-electron chi connectivity index (χ4n) is 3.83. The highest BCUT2D eigenvalue weighted by atomic mass is 16.3. The van der Waals surface area contributed by atoms with Crippen molar-refractivity contribution in [1.82, 2.24) is 19.9 Å². The van der Waals surface area contributed by atoms with Gasteiger partial charge in [0.15, 0.2) is 0 Å². The van der Waals surface area contributed by atoms with E-state index in [1.54, 1.807) is 6.33 Å². The minimum atomic E-state index is -0.319. The molecule has 1 aliphatic rings. The number of anilines is 3. The molecule has 3 heterocycles. The Balaban J connectivity index is 1.57. The summed E-state index contributed by atoms with van der Waals surface area (Å²) in [7, 11) is 4.10. The zero-order chi connectivity index (χ0) is 19.0. The van der Waals surface area contributed by atoms with Crippen molar-refractivity contribution in [2.75, 3.05) is 37.4 Å². The van der Waals surface area contributed by atoms with E-state index < -0.39 is 0 Å². The molecule has 1 fully saturated rings. The fourth-order valence-corrected chi connectivity index (χ4v) is 3.83. The quantitative estimate of drug-likeness (QED) is 0.644. The summed E-state index contributed by atoms with van der Waals surface area (Å²) in [6.45, 7) is 3.58. The predicted octanol–water partition coefficient (Wildman–Crippen LogP) is 2.51. The highest BCUT2D eigenvalue weighted by Crippen LogP contribution is 2.28. The second-order valence-electron chi connectivity index (χ2n) is 7.58. The third-order valence-electron chi connectivity index (χ3n) is 5.08. The predicted molar refractivity (Wildman–Crippen MR) is 109 cm³/mol. The largest absolute Gasteiger partial charge is 0.391 e. The Morgan fingerprint density at radius 2 is 2.15 bits per heavy atom. The molecule has 3 N–H and O–H groups in total. The standard InChI is InChI=1S/C20H26N6O/c1-13-9-21-18-5-4-14(6-17(13)18)24-19-8-20(23-12-22-19)26-11-16(27)7-15(26)10-25(2)3/h4-6,8-9,12,15-16,21,27H,7,10-11H2,1-3H3,(H,22,23,24)/t15-,16-/m1/s1. The number of aliphatic hydroxyl groups excluding tert-OH is 1. The molecule has 142 valence electrons. The van der Waals surface area contributed by atoms with Gasteiger partial charge in [0.05, 0.1) is 6.10 Å². The van der Waals surface area contributed by atoms with Crippen LogP contribution in [-0.4, -0.2) is 64.3 Å². The van der Waals surface area contributed by atoms with Crippen molar-refractivity contribution in [3.05, 3.63) is 42.4 Å². The van der Waals surface area contributed by atoms with E-state index in [9.17, 15) is 5.11 Å². The van der Waals surface area contributed by atoms with Crippen LogP contribution in [0.1, 0.15) is 12.0 Å². The molecular formula is C20H26N6O. The maximum atomic E-state index is 10.1. The average Bonchev–Trinajstić information content (AvgIpc) is 3.17. The second kappa shape index (κ2) is 7.17. The number of hydrogen-bond donors (Lipinski definition) is 3. The molecule has 4 rings (SSSR count). The molecule has 0 aliphatic carbocycles. The summed E-state index contributed by atoms with van der Waals surface area (Å²) < 4.78 is 0. The fraction of sp³-hybridized carbons (Fsp3) is 0.400. The van der Waals surface area contributed by atoms with E-state index in [0.717, 1.165) is 35.8 Å². The average molecular weight is 366 g/mol. The van der Waals surface area contributed by atoms with Crippen LogP contribution in [-0.2, 0) is 0 Å². The number of aromatic amines is 1. The van der Waals surface area contributed by atoms with Crippen molar-refractivity contribution in [3.63, 3.8) is 0 Å². The number of β-amino-alcohol motifs (C(OH)–C–C–N with tert-alkyl or cyclic N) is 1. The first-order valence-corrected chi connectivity index (χ1v) is 9.26. The van der Waals surface area contributed by atoms with Crippen LogP contribution in [0.3, 0.4) is 0 Å². The number of benzene rings is 1. The number of rotatable bonds is 5. The molecule has 0 amide bonds. The second-order valence-corrected chi connectivity index (χ2v) is 7.58. The zero-order valence-corrected chi connectivity index (χ0v) is 16.0. The van der Waals surface area contributed by atoms with Crippen LogP contribution in [0.4, 0.5) is 17.3 Å². The summed E-state index contributed by atoms with van der Waals surface area (Å²) in [5.74, 6) is 1.59. The molecule has 27 heavy (non-hydrogen) atoms. The molecule has 0 radical (unpaired) electrons. The van der Waals surface area contributed by atoms with Crippen LogP contribution in [0, 0.1) is 6.92 Å². The van der Waals surface area contributed by atoms with Crippen LogP contribution >= 0.6 is 0 Å². The van der Waals surface area contributed by atoms with Gasteiger partial charge in [-0.05, 0) is 51.2 Å². The topological polar surface area (TPSA) is 80.3 Å². The maximum absolute atomic E-state index is 10.1. The van der Waals surface area contributed by atoms with Crippen LogP contribution in [0.5, 0.6) is 0 Å². The first-order valence-electron chi connectivity index (χ1n) is 9.26. The lowest BCUT2D eigenvalue weighted by molar-refractivity contribution is 0.191. The number of nitrogens with zero attached hydrogens (tertiary/aromatic N) is 4. The Kier molecular flexibility index (Phi) is 4.72. The number of aliphatic hydroxyl groups is 1. The van der Waals surface area contributed by atoms with Crippen molar-refractivity contribution >= 4 is 28.2 Å². The minimum absolute atomic E-state index is 0.247. The summed E-state index contributed by atoms with van der Waals surface area (Å²) in [5, 5.41) is 14.7. The van der Waals surface area contributed by atoms with Gasteiger partial charge in [-0.15, -0.1) is 0 Å². The molecule has 1 aliphatic heterocycles. The molecule has 7 nitrogen and oxygen atoms in total. The van der Waals surface area contributed by atoms with Crippen LogP contribution in [0.2, 0.25) is 0 Å². The summed E-state index contributed by atoms with van der Waals surface area (Å²) >= 11 is 0. The Morgan fingerprint density at radius 1 is 1.30 bits per heavy atom. The van der Waals surface area contributed by atoms with Crippen molar-refractivity contribution in [2.45, 2.75) is 25.5 Å². The maximum Gasteiger partial charge on any atom is 0.135 e. The van der Waals surface area contributed by atoms with E-state index in [1.807, 2.05) is 18.3 Å². The van der Waals surface area contributed by atoms with Gasteiger partial charge in [-0.1, -0.05) is 0 Å². The van der Waals surface area contributed by atoms with E-state index in [2.05, 4.69) is 63.2 Å². The molecule has 2 aromatic heterocycles. The van der Waals surface area contributed by atoms with Gasteiger partial charge in [0.2, 0.25) is 0 Å². The number of likely N-dealkylation sites (N-methyl/N-ethyl adjacent to an activating group) is 1. The van der Waals surface area contributed by atoms with Crippen molar-refractivity contribution in [2.24, 2.45) is 0 Å². The van der Waals surface area contributed by atoms with Crippen LogP contribution in [0.15, 0.2) is 36.8 Å². The lowest BCUT2D eigenvalue weighted by Gasteiger charge is -2.27. The molecule has 0 saturated carbocycles. The smallest absolute Gasteiger partial charge is 0.135 e. The normalized spacial score (nSPS) is 20.0. The van der Waals surface area contributed by atoms with Gasteiger partial charge < -0.3 is 25.2 Å². The molecule has 1 saturated heterocycles. The van der Waals surface area contributed by atoms with Crippen molar-refractivity contribution in [1.29, 1.82) is 0 Å². The van der Waals surface area contributed by atoms with Crippen molar-refractivity contribution < 1.29 is 5.11 Å². The Labute approximate surface area is 159 Å². The molecule has 2 atom stereocenters. The monoisotopic (exact) mass is 366 g/mol. The van der Waals surface area contributed by atoms with Gasteiger partial charge in [-0.25, -0.2) is 9.97 Å².